The van der Waals surface area contributed by atoms with Crippen molar-refractivity contribution in [3.05, 3.63) is 0 Å². The van der Waals surface area contributed by atoms with Gasteiger partial charge in [0, 0.05) is 13.2 Å². The molecule has 0 spiro atoms. The summed E-state index contributed by atoms with van der Waals surface area (Å²) in [6.07, 6.45) is 11.2. The maximum atomic E-state index is 5.42. The molecule has 2 rings (SSSR count). The van der Waals surface area contributed by atoms with Gasteiger partial charge in [-0.25, -0.2) is 0 Å². The van der Waals surface area contributed by atoms with Gasteiger partial charge in [-0.2, -0.15) is 0 Å². The van der Waals surface area contributed by atoms with Crippen molar-refractivity contribution in [3.8, 4) is 0 Å². The molecular formula is C16H31NO. The first-order chi connectivity index (χ1) is 8.88. The molecule has 0 N–H and O–H groups in total. The van der Waals surface area contributed by atoms with Gasteiger partial charge in [-0.15, -0.1) is 0 Å². The highest BCUT2D eigenvalue weighted by atomic mass is 16.5. The first-order valence-corrected chi connectivity index (χ1v) is 8.18. The normalized spacial score (nSPS) is 24.5. The van der Waals surface area contributed by atoms with Crippen LogP contribution in [0.4, 0.5) is 0 Å². The van der Waals surface area contributed by atoms with Crippen LogP contribution in [0, 0.1) is 11.8 Å². The average Bonchev–Trinajstić information content (AvgIpc) is 2.42. The van der Waals surface area contributed by atoms with Gasteiger partial charge >= 0.3 is 0 Å². The van der Waals surface area contributed by atoms with Crippen molar-refractivity contribution in [2.45, 2.75) is 58.3 Å². The third-order valence-corrected chi connectivity index (χ3v) is 4.83. The lowest BCUT2D eigenvalue weighted by Gasteiger charge is -2.32. The predicted molar refractivity (Wildman–Crippen MR) is 76.8 cm³/mol. The van der Waals surface area contributed by atoms with Crippen molar-refractivity contribution >= 4 is 0 Å². The lowest BCUT2D eigenvalue weighted by Crippen LogP contribution is -2.34. The second-order valence-corrected chi connectivity index (χ2v) is 6.27. The Morgan fingerprint density at radius 3 is 2.28 bits per heavy atom. The highest BCUT2D eigenvalue weighted by Gasteiger charge is 2.19. The maximum absolute atomic E-state index is 5.42. The Bertz CT molecular complexity index is 205. The third-order valence-electron chi connectivity index (χ3n) is 4.83. The van der Waals surface area contributed by atoms with Gasteiger partial charge in [0.2, 0.25) is 0 Å². The second kappa shape index (κ2) is 8.16. The Balaban J connectivity index is 1.52. The van der Waals surface area contributed by atoms with Crippen LogP contribution in [0.2, 0.25) is 0 Å². The molecule has 0 atom stereocenters. The van der Waals surface area contributed by atoms with E-state index in [2.05, 4.69) is 11.8 Å². The molecule has 0 aromatic heterocycles. The van der Waals surface area contributed by atoms with Crippen LogP contribution in [0.25, 0.3) is 0 Å². The standard InChI is InChI=1S/C16H31NO/c1-2-4-15-6-11-17(12-7-15)10-3-5-16-8-13-18-14-9-16/h15-16H,2-14H2,1H3. The number of hydrogen-bond acceptors (Lipinski definition) is 2. The summed E-state index contributed by atoms with van der Waals surface area (Å²) in [6.45, 7) is 8.40. The molecule has 0 aromatic rings. The van der Waals surface area contributed by atoms with Crippen LogP contribution in [-0.4, -0.2) is 37.7 Å². The summed E-state index contributed by atoms with van der Waals surface area (Å²) in [5.74, 6) is 1.98. The Morgan fingerprint density at radius 2 is 1.61 bits per heavy atom. The first-order valence-electron chi connectivity index (χ1n) is 8.18. The summed E-state index contributed by atoms with van der Waals surface area (Å²) in [5, 5.41) is 0. The Hall–Kier alpha value is -0.0800. The topological polar surface area (TPSA) is 12.5 Å². The highest BCUT2D eigenvalue weighted by molar-refractivity contribution is 4.72. The molecule has 0 aromatic carbocycles. The van der Waals surface area contributed by atoms with E-state index in [1.165, 1.54) is 71.0 Å². The van der Waals surface area contributed by atoms with E-state index in [4.69, 9.17) is 4.74 Å². The van der Waals surface area contributed by atoms with E-state index in [0.29, 0.717) is 0 Å². The predicted octanol–water partition coefficient (Wildman–Crippen LogP) is 3.71. The fourth-order valence-electron chi connectivity index (χ4n) is 3.55. The summed E-state index contributed by atoms with van der Waals surface area (Å²) < 4.78 is 5.42. The van der Waals surface area contributed by atoms with E-state index in [-0.39, 0.29) is 0 Å². The van der Waals surface area contributed by atoms with Gasteiger partial charge in [-0.1, -0.05) is 19.8 Å². The van der Waals surface area contributed by atoms with E-state index < -0.39 is 0 Å². The van der Waals surface area contributed by atoms with Gasteiger partial charge < -0.3 is 9.64 Å². The van der Waals surface area contributed by atoms with E-state index in [9.17, 15) is 0 Å². The molecule has 2 heteroatoms. The molecule has 2 heterocycles. The van der Waals surface area contributed by atoms with Gasteiger partial charge in [-0.05, 0) is 70.0 Å². The fraction of sp³-hybridized carbons (Fsp3) is 1.00. The maximum Gasteiger partial charge on any atom is 0.0468 e. The minimum absolute atomic E-state index is 0.955. The minimum Gasteiger partial charge on any atom is -0.381 e. The molecule has 18 heavy (non-hydrogen) atoms. The van der Waals surface area contributed by atoms with Crippen LogP contribution >= 0.6 is 0 Å². The first kappa shape index (κ1) is 14.3. The van der Waals surface area contributed by atoms with Crippen LogP contribution < -0.4 is 0 Å². The molecule has 0 bridgehead atoms. The third kappa shape index (κ3) is 4.89. The Kier molecular flexibility index (Phi) is 6.50. The fourth-order valence-corrected chi connectivity index (χ4v) is 3.55. The molecule has 0 unspecified atom stereocenters. The van der Waals surface area contributed by atoms with Gasteiger partial charge in [-0.3, -0.25) is 0 Å². The van der Waals surface area contributed by atoms with Crippen LogP contribution in [-0.2, 0) is 4.74 Å². The van der Waals surface area contributed by atoms with Crippen molar-refractivity contribution in [1.29, 1.82) is 0 Å². The molecule has 0 radical (unpaired) electrons. The van der Waals surface area contributed by atoms with E-state index >= 15 is 0 Å². The van der Waals surface area contributed by atoms with Gasteiger partial charge in [0.05, 0.1) is 0 Å². The molecule has 0 amide bonds. The molecule has 2 aliphatic heterocycles. The van der Waals surface area contributed by atoms with Crippen LogP contribution in [0.5, 0.6) is 0 Å². The van der Waals surface area contributed by atoms with Crippen LogP contribution in [0.15, 0.2) is 0 Å². The highest BCUT2D eigenvalue weighted by Crippen LogP contribution is 2.23. The monoisotopic (exact) mass is 253 g/mol. The molecule has 2 nitrogen and oxygen atoms in total. The quantitative estimate of drug-likeness (QED) is 0.715. The molecule has 2 fully saturated rings. The molecule has 106 valence electrons. The summed E-state index contributed by atoms with van der Waals surface area (Å²) in [6, 6.07) is 0. The van der Waals surface area contributed by atoms with E-state index in [1.807, 2.05) is 0 Å². The summed E-state index contributed by atoms with van der Waals surface area (Å²) >= 11 is 0. The van der Waals surface area contributed by atoms with Crippen molar-refractivity contribution in [2.75, 3.05) is 32.8 Å². The molecule has 0 aliphatic carbocycles. The Labute approximate surface area is 113 Å². The molecule has 0 saturated carbocycles. The average molecular weight is 253 g/mol. The van der Waals surface area contributed by atoms with E-state index in [1.54, 1.807) is 0 Å². The van der Waals surface area contributed by atoms with Gasteiger partial charge in [0.25, 0.3) is 0 Å². The van der Waals surface area contributed by atoms with Crippen molar-refractivity contribution in [2.24, 2.45) is 11.8 Å². The van der Waals surface area contributed by atoms with E-state index in [0.717, 1.165) is 25.0 Å². The number of rotatable bonds is 6. The number of piperidine rings is 1. The Morgan fingerprint density at radius 1 is 0.944 bits per heavy atom. The van der Waals surface area contributed by atoms with Crippen LogP contribution in [0.3, 0.4) is 0 Å². The number of likely N-dealkylation sites (tertiary alicyclic amines) is 1. The lowest BCUT2D eigenvalue weighted by molar-refractivity contribution is 0.0616. The van der Waals surface area contributed by atoms with Crippen molar-refractivity contribution in [1.82, 2.24) is 4.90 Å². The largest absolute Gasteiger partial charge is 0.381 e. The van der Waals surface area contributed by atoms with Gasteiger partial charge in [0.1, 0.15) is 0 Å². The zero-order valence-corrected chi connectivity index (χ0v) is 12.2. The van der Waals surface area contributed by atoms with Crippen LogP contribution in [0.1, 0.15) is 58.3 Å². The molecular weight excluding hydrogens is 222 g/mol. The van der Waals surface area contributed by atoms with Gasteiger partial charge in [0.15, 0.2) is 0 Å². The smallest absolute Gasteiger partial charge is 0.0468 e. The number of ether oxygens (including phenoxy) is 1. The summed E-state index contributed by atoms with van der Waals surface area (Å²) in [7, 11) is 0. The second-order valence-electron chi connectivity index (χ2n) is 6.27. The minimum atomic E-state index is 0.955. The number of hydrogen-bond donors (Lipinski definition) is 0. The SMILES string of the molecule is CCCC1CCN(CCCC2CCOCC2)CC1. The number of nitrogens with zero attached hydrogens (tertiary/aromatic N) is 1. The zero-order chi connectivity index (χ0) is 12.6. The zero-order valence-electron chi connectivity index (χ0n) is 12.2. The van der Waals surface area contributed by atoms with Crippen molar-refractivity contribution < 1.29 is 4.74 Å². The lowest BCUT2D eigenvalue weighted by atomic mass is 9.91. The van der Waals surface area contributed by atoms with Crippen molar-refractivity contribution in [3.63, 3.8) is 0 Å². The molecule has 2 saturated heterocycles. The summed E-state index contributed by atoms with van der Waals surface area (Å²) in [5.41, 5.74) is 0. The molecule has 2 aliphatic rings. The summed E-state index contributed by atoms with van der Waals surface area (Å²) in [4.78, 5) is 2.70.